The maximum absolute atomic E-state index is 11.5. The monoisotopic (exact) mass is 271 g/mol. The predicted octanol–water partition coefficient (Wildman–Crippen LogP) is 2.54. The fourth-order valence-electron chi connectivity index (χ4n) is 1.28. The van der Waals surface area contributed by atoms with E-state index in [1.165, 1.54) is 12.1 Å². The van der Waals surface area contributed by atoms with Gasteiger partial charge >= 0.3 is 12.1 Å². The molecule has 2 N–H and O–H groups in total. The van der Waals surface area contributed by atoms with Gasteiger partial charge in [-0.05, 0) is 30.2 Å². The van der Waals surface area contributed by atoms with E-state index in [4.69, 9.17) is 21.4 Å². The van der Waals surface area contributed by atoms with Crippen molar-refractivity contribution in [3.63, 3.8) is 0 Å². The predicted molar refractivity (Wildman–Crippen MR) is 66.9 cm³/mol. The molecule has 0 unspecified atom stereocenters. The largest absolute Gasteiger partial charge is 0.480 e. The highest BCUT2D eigenvalue weighted by molar-refractivity contribution is 6.30. The van der Waals surface area contributed by atoms with Gasteiger partial charge in [-0.2, -0.15) is 0 Å². The van der Waals surface area contributed by atoms with Gasteiger partial charge in [0.2, 0.25) is 0 Å². The quantitative estimate of drug-likeness (QED) is 0.882. The molecule has 0 aliphatic heterocycles. The van der Waals surface area contributed by atoms with E-state index in [-0.39, 0.29) is 5.92 Å². The summed E-state index contributed by atoms with van der Waals surface area (Å²) in [6, 6.07) is 5.20. The second-order valence-electron chi connectivity index (χ2n) is 4.05. The first kappa shape index (κ1) is 14.3. The van der Waals surface area contributed by atoms with Gasteiger partial charge in [-0.15, -0.1) is 0 Å². The van der Waals surface area contributed by atoms with Gasteiger partial charge in [0.1, 0.15) is 11.8 Å². The van der Waals surface area contributed by atoms with E-state index >= 15 is 0 Å². The average molecular weight is 272 g/mol. The molecule has 1 aromatic carbocycles. The van der Waals surface area contributed by atoms with Crippen LogP contribution in [-0.4, -0.2) is 23.2 Å². The molecule has 0 aromatic heterocycles. The summed E-state index contributed by atoms with van der Waals surface area (Å²) in [4.78, 5) is 22.4. The summed E-state index contributed by atoms with van der Waals surface area (Å²) < 4.78 is 4.93. The van der Waals surface area contributed by atoms with Crippen LogP contribution in [0, 0.1) is 5.92 Å². The number of ether oxygens (including phenoxy) is 1. The Labute approximate surface area is 110 Å². The van der Waals surface area contributed by atoms with Gasteiger partial charge < -0.3 is 15.2 Å². The first-order chi connectivity index (χ1) is 8.40. The maximum Gasteiger partial charge on any atom is 0.413 e. The number of hydrogen-bond donors (Lipinski definition) is 2. The Morgan fingerprint density at radius 3 is 2.28 bits per heavy atom. The normalized spacial score (nSPS) is 12.0. The van der Waals surface area contributed by atoms with E-state index in [1.54, 1.807) is 26.0 Å². The van der Waals surface area contributed by atoms with E-state index in [0.717, 1.165) is 0 Å². The molecule has 1 aromatic rings. The number of aliphatic carboxylic acids is 1. The van der Waals surface area contributed by atoms with Crippen molar-refractivity contribution in [1.82, 2.24) is 5.32 Å². The van der Waals surface area contributed by atoms with Crippen molar-refractivity contribution in [3.8, 4) is 5.75 Å². The molecule has 6 heteroatoms. The number of carbonyl (C=O) groups is 2. The van der Waals surface area contributed by atoms with Crippen molar-refractivity contribution >= 4 is 23.7 Å². The number of rotatable bonds is 4. The lowest BCUT2D eigenvalue weighted by Gasteiger charge is -2.17. The molecule has 98 valence electrons. The van der Waals surface area contributed by atoms with E-state index in [9.17, 15) is 9.59 Å². The van der Waals surface area contributed by atoms with Crippen LogP contribution in [0.3, 0.4) is 0 Å². The number of nitrogens with one attached hydrogen (secondary N) is 1. The van der Waals surface area contributed by atoms with Gasteiger partial charge in [0.05, 0.1) is 0 Å². The highest BCUT2D eigenvalue weighted by Gasteiger charge is 2.24. The van der Waals surface area contributed by atoms with Crippen molar-refractivity contribution in [2.24, 2.45) is 5.92 Å². The maximum atomic E-state index is 11.5. The van der Waals surface area contributed by atoms with E-state index < -0.39 is 18.1 Å². The van der Waals surface area contributed by atoms with Crippen molar-refractivity contribution in [1.29, 1.82) is 0 Å². The van der Waals surface area contributed by atoms with Crippen LogP contribution in [0.5, 0.6) is 5.75 Å². The van der Waals surface area contributed by atoms with Crippen molar-refractivity contribution in [3.05, 3.63) is 29.3 Å². The van der Waals surface area contributed by atoms with Crippen LogP contribution in [0.2, 0.25) is 5.02 Å². The first-order valence-electron chi connectivity index (χ1n) is 5.37. The molecule has 0 aliphatic rings. The summed E-state index contributed by atoms with van der Waals surface area (Å²) in [6.07, 6.45) is -0.807. The molecular weight excluding hydrogens is 258 g/mol. The van der Waals surface area contributed by atoms with Crippen molar-refractivity contribution in [2.45, 2.75) is 19.9 Å². The van der Waals surface area contributed by atoms with Crippen LogP contribution in [0.15, 0.2) is 24.3 Å². The second kappa shape index (κ2) is 6.26. The molecule has 1 amide bonds. The van der Waals surface area contributed by atoms with Gasteiger partial charge in [-0.25, -0.2) is 9.59 Å². The Balaban J connectivity index is 2.60. The number of halogens is 1. The van der Waals surface area contributed by atoms with Gasteiger partial charge in [0.15, 0.2) is 0 Å². The third-order valence-corrected chi connectivity index (χ3v) is 2.48. The Morgan fingerprint density at radius 2 is 1.83 bits per heavy atom. The molecule has 0 fully saturated rings. The number of carboxylic acid groups (broad SMARTS) is 1. The van der Waals surface area contributed by atoms with Gasteiger partial charge in [0.25, 0.3) is 0 Å². The number of benzene rings is 1. The Kier molecular flexibility index (Phi) is 4.97. The van der Waals surface area contributed by atoms with Crippen LogP contribution >= 0.6 is 11.6 Å². The highest BCUT2D eigenvalue weighted by Crippen LogP contribution is 2.15. The molecule has 1 rings (SSSR count). The van der Waals surface area contributed by atoms with E-state index in [0.29, 0.717) is 10.8 Å². The molecule has 0 radical (unpaired) electrons. The lowest BCUT2D eigenvalue weighted by molar-refractivity contribution is -0.140. The molecule has 0 bridgehead atoms. The summed E-state index contributed by atoms with van der Waals surface area (Å²) in [6.45, 7) is 3.39. The zero-order valence-corrected chi connectivity index (χ0v) is 10.8. The number of amides is 1. The SMILES string of the molecule is CC(C)[C@H](NC(=O)Oc1ccc(Cl)cc1)C(=O)O. The van der Waals surface area contributed by atoms with Crippen LogP contribution < -0.4 is 10.1 Å². The zero-order valence-electron chi connectivity index (χ0n) is 10.0. The fraction of sp³-hybridized carbons (Fsp3) is 0.333. The molecule has 18 heavy (non-hydrogen) atoms. The van der Waals surface area contributed by atoms with Crippen molar-refractivity contribution in [2.75, 3.05) is 0 Å². The summed E-state index contributed by atoms with van der Waals surface area (Å²) >= 11 is 5.68. The van der Waals surface area contributed by atoms with E-state index in [2.05, 4.69) is 5.32 Å². The van der Waals surface area contributed by atoms with Gasteiger partial charge in [0, 0.05) is 5.02 Å². The van der Waals surface area contributed by atoms with Crippen LogP contribution in [-0.2, 0) is 4.79 Å². The Bertz CT molecular complexity index is 430. The standard InChI is InChI=1S/C12H14ClNO4/c1-7(2)10(11(15)16)14-12(17)18-9-5-3-8(13)4-6-9/h3-7,10H,1-2H3,(H,14,17)(H,15,16)/t10-/m0/s1. The van der Waals surface area contributed by atoms with Crippen LogP contribution in [0.25, 0.3) is 0 Å². The van der Waals surface area contributed by atoms with Gasteiger partial charge in [-0.3, -0.25) is 0 Å². The second-order valence-corrected chi connectivity index (χ2v) is 4.48. The molecule has 0 heterocycles. The smallest absolute Gasteiger partial charge is 0.413 e. The Hall–Kier alpha value is -1.75. The Morgan fingerprint density at radius 1 is 1.28 bits per heavy atom. The minimum absolute atomic E-state index is 0.236. The average Bonchev–Trinajstić information content (AvgIpc) is 2.28. The minimum atomic E-state index is -1.10. The van der Waals surface area contributed by atoms with Crippen molar-refractivity contribution < 1.29 is 19.4 Å². The lowest BCUT2D eigenvalue weighted by atomic mass is 10.1. The highest BCUT2D eigenvalue weighted by atomic mass is 35.5. The molecule has 0 aliphatic carbocycles. The van der Waals surface area contributed by atoms with Gasteiger partial charge in [-0.1, -0.05) is 25.4 Å². The molecule has 0 saturated carbocycles. The third-order valence-electron chi connectivity index (χ3n) is 2.23. The number of carboxylic acids is 1. The van der Waals surface area contributed by atoms with Crippen LogP contribution in [0.4, 0.5) is 4.79 Å². The topological polar surface area (TPSA) is 75.6 Å². The zero-order chi connectivity index (χ0) is 13.7. The third kappa shape index (κ3) is 4.25. The summed E-state index contributed by atoms with van der Waals surface area (Å²) in [5, 5.41) is 11.7. The molecule has 0 saturated heterocycles. The summed E-state index contributed by atoms with van der Waals surface area (Å²) in [5.74, 6) is -1.04. The molecular formula is C12H14ClNO4. The van der Waals surface area contributed by atoms with E-state index in [1.807, 2.05) is 0 Å². The summed E-state index contributed by atoms with van der Waals surface area (Å²) in [5.41, 5.74) is 0. The summed E-state index contributed by atoms with van der Waals surface area (Å²) in [7, 11) is 0. The minimum Gasteiger partial charge on any atom is -0.480 e. The first-order valence-corrected chi connectivity index (χ1v) is 5.74. The molecule has 5 nitrogen and oxygen atoms in total. The lowest BCUT2D eigenvalue weighted by Crippen LogP contribution is -2.45. The van der Waals surface area contributed by atoms with Crippen LogP contribution in [0.1, 0.15) is 13.8 Å². The number of carbonyl (C=O) groups excluding carboxylic acids is 1. The number of hydrogen-bond acceptors (Lipinski definition) is 3. The fourth-order valence-corrected chi connectivity index (χ4v) is 1.41. The molecule has 1 atom stereocenters. The molecule has 0 spiro atoms.